The van der Waals surface area contributed by atoms with Gasteiger partial charge in [0.25, 0.3) is 0 Å². The summed E-state index contributed by atoms with van der Waals surface area (Å²) in [7, 11) is 5.61. The van der Waals surface area contributed by atoms with E-state index >= 15 is 0 Å². The predicted molar refractivity (Wildman–Crippen MR) is 85.6 cm³/mol. The van der Waals surface area contributed by atoms with Crippen LogP contribution in [-0.4, -0.2) is 44.2 Å². The minimum atomic E-state index is -0.366. The number of benzene rings is 1. The second kappa shape index (κ2) is 6.35. The van der Waals surface area contributed by atoms with Crippen molar-refractivity contribution in [2.45, 2.75) is 31.2 Å². The van der Waals surface area contributed by atoms with E-state index in [9.17, 15) is 4.79 Å². The first-order valence-electron chi connectivity index (χ1n) is 7.38. The molecule has 116 valence electrons. The number of para-hydroxylation sites is 1. The predicted octanol–water partition coefficient (Wildman–Crippen LogP) is 2.34. The molecule has 5 heteroatoms. The van der Waals surface area contributed by atoms with Crippen molar-refractivity contribution in [3.05, 3.63) is 23.8 Å². The van der Waals surface area contributed by atoms with Gasteiger partial charge in [-0.2, -0.15) is 0 Å². The number of nitrogen functional groups attached to an aromatic ring is 1. The number of likely N-dealkylation sites (N-methyl/N-ethyl adjacent to an activating group) is 1. The van der Waals surface area contributed by atoms with Crippen LogP contribution in [0.1, 0.15) is 36.0 Å². The Morgan fingerprint density at radius 3 is 2.62 bits per heavy atom. The fourth-order valence-corrected chi connectivity index (χ4v) is 3.12. The van der Waals surface area contributed by atoms with E-state index < -0.39 is 0 Å². The molecule has 1 aromatic carbocycles. The molecule has 1 saturated carbocycles. The van der Waals surface area contributed by atoms with Crippen molar-refractivity contribution in [3.8, 4) is 0 Å². The van der Waals surface area contributed by atoms with Crippen LogP contribution in [0.2, 0.25) is 0 Å². The molecular formula is C16H25N3O2. The molecule has 1 aliphatic rings. The van der Waals surface area contributed by atoms with E-state index in [-0.39, 0.29) is 11.5 Å². The quantitative estimate of drug-likeness (QED) is 0.644. The van der Waals surface area contributed by atoms with Crippen LogP contribution in [0.3, 0.4) is 0 Å². The van der Waals surface area contributed by atoms with Gasteiger partial charge in [0.2, 0.25) is 0 Å². The minimum Gasteiger partial charge on any atom is -0.465 e. The van der Waals surface area contributed by atoms with Crippen molar-refractivity contribution in [2.75, 3.05) is 38.8 Å². The number of rotatable bonds is 5. The van der Waals surface area contributed by atoms with Crippen molar-refractivity contribution in [2.24, 2.45) is 0 Å². The van der Waals surface area contributed by atoms with Crippen LogP contribution in [0.25, 0.3) is 0 Å². The highest BCUT2D eigenvalue weighted by Gasteiger charge is 2.36. The van der Waals surface area contributed by atoms with E-state index in [1.165, 1.54) is 20.0 Å². The van der Waals surface area contributed by atoms with Gasteiger partial charge in [-0.3, -0.25) is 0 Å². The molecule has 0 spiro atoms. The van der Waals surface area contributed by atoms with Crippen molar-refractivity contribution < 1.29 is 9.53 Å². The molecule has 1 fully saturated rings. The second-order valence-corrected chi connectivity index (χ2v) is 5.94. The number of esters is 1. The lowest BCUT2D eigenvalue weighted by Crippen LogP contribution is -2.47. The van der Waals surface area contributed by atoms with Crippen LogP contribution in [0.15, 0.2) is 18.2 Å². The number of hydrogen-bond donors (Lipinski definition) is 2. The number of nitrogens with two attached hydrogens (primary N) is 1. The zero-order valence-corrected chi connectivity index (χ0v) is 13.1. The van der Waals surface area contributed by atoms with Gasteiger partial charge in [0, 0.05) is 12.1 Å². The molecule has 21 heavy (non-hydrogen) atoms. The topological polar surface area (TPSA) is 67.6 Å². The first-order chi connectivity index (χ1) is 10.00. The Labute approximate surface area is 126 Å². The maximum absolute atomic E-state index is 11.9. The van der Waals surface area contributed by atoms with Crippen molar-refractivity contribution >= 4 is 17.3 Å². The van der Waals surface area contributed by atoms with E-state index in [0.717, 1.165) is 19.4 Å². The summed E-state index contributed by atoms with van der Waals surface area (Å²) in [6.45, 7) is 0.776. The molecule has 0 radical (unpaired) electrons. The lowest BCUT2D eigenvalue weighted by atomic mass is 9.95. The standard InChI is InChI=1S/C16H25N3O2/c1-19(2)16(9-4-5-10-16)11-18-14-12(15(20)21-3)7-6-8-13(14)17/h6-8,18H,4-5,9-11,17H2,1-3H3. The normalized spacial score (nSPS) is 17.0. The maximum atomic E-state index is 11.9. The average Bonchev–Trinajstić information content (AvgIpc) is 2.95. The summed E-state index contributed by atoms with van der Waals surface area (Å²) >= 11 is 0. The Balaban J connectivity index is 2.21. The smallest absolute Gasteiger partial charge is 0.340 e. The Hall–Kier alpha value is -1.75. The van der Waals surface area contributed by atoms with Crippen LogP contribution in [0.5, 0.6) is 0 Å². The molecule has 0 aliphatic heterocycles. The first-order valence-corrected chi connectivity index (χ1v) is 7.38. The second-order valence-electron chi connectivity index (χ2n) is 5.94. The van der Waals surface area contributed by atoms with Gasteiger partial charge < -0.3 is 20.7 Å². The SMILES string of the molecule is COC(=O)c1cccc(N)c1NCC1(N(C)C)CCCC1. The van der Waals surface area contributed by atoms with Crippen molar-refractivity contribution in [3.63, 3.8) is 0 Å². The monoisotopic (exact) mass is 291 g/mol. The van der Waals surface area contributed by atoms with Gasteiger partial charge in [0.1, 0.15) is 0 Å². The molecule has 0 saturated heterocycles. The average molecular weight is 291 g/mol. The minimum absolute atomic E-state index is 0.135. The lowest BCUT2D eigenvalue weighted by Gasteiger charge is -2.37. The van der Waals surface area contributed by atoms with Crippen LogP contribution in [0, 0.1) is 0 Å². The van der Waals surface area contributed by atoms with Gasteiger partial charge in [0.15, 0.2) is 0 Å². The van der Waals surface area contributed by atoms with Gasteiger partial charge in [0.05, 0.1) is 24.0 Å². The molecule has 0 unspecified atom stereocenters. The highest BCUT2D eigenvalue weighted by Crippen LogP contribution is 2.35. The zero-order valence-electron chi connectivity index (χ0n) is 13.1. The third kappa shape index (κ3) is 3.13. The van der Waals surface area contributed by atoms with Crippen molar-refractivity contribution in [1.82, 2.24) is 4.90 Å². The summed E-state index contributed by atoms with van der Waals surface area (Å²) in [6, 6.07) is 5.30. The maximum Gasteiger partial charge on any atom is 0.340 e. The fraction of sp³-hybridized carbons (Fsp3) is 0.562. The number of carbonyl (C=O) groups is 1. The fourth-order valence-electron chi connectivity index (χ4n) is 3.12. The number of hydrogen-bond acceptors (Lipinski definition) is 5. The van der Waals surface area contributed by atoms with Crippen LogP contribution in [-0.2, 0) is 4.74 Å². The largest absolute Gasteiger partial charge is 0.465 e. The van der Waals surface area contributed by atoms with E-state index in [1.54, 1.807) is 18.2 Å². The molecule has 1 aliphatic carbocycles. The Kier molecular flexibility index (Phi) is 4.73. The summed E-state index contributed by atoms with van der Waals surface area (Å²) in [6.07, 6.45) is 4.81. The number of nitrogens with zero attached hydrogens (tertiary/aromatic N) is 1. The summed E-state index contributed by atoms with van der Waals surface area (Å²) in [4.78, 5) is 14.1. The van der Waals surface area contributed by atoms with E-state index in [0.29, 0.717) is 16.9 Å². The Morgan fingerprint density at radius 2 is 2.05 bits per heavy atom. The van der Waals surface area contributed by atoms with E-state index in [4.69, 9.17) is 10.5 Å². The summed E-state index contributed by atoms with van der Waals surface area (Å²) < 4.78 is 4.83. The number of methoxy groups -OCH3 is 1. The summed E-state index contributed by atoms with van der Waals surface area (Å²) in [5, 5.41) is 3.39. The van der Waals surface area contributed by atoms with Crippen LogP contribution >= 0.6 is 0 Å². The Morgan fingerprint density at radius 1 is 1.38 bits per heavy atom. The van der Waals surface area contributed by atoms with Gasteiger partial charge >= 0.3 is 5.97 Å². The third-order valence-corrected chi connectivity index (χ3v) is 4.58. The molecule has 2 rings (SSSR count). The van der Waals surface area contributed by atoms with Crippen molar-refractivity contribution in [1.29, 1.82) is 0 Å². The zero-order chi connectivity index (χ0) is 15.5. The molecule has 0 atom stereocenters. The molecule has 3 N–H and O–H groups in total. The molecule has 5 nitrogen and oxygen atoms in total. The van der Waals surface area contributed by atoms with E-state index in [1.807, 2.05) is 0 Å². The summed E-state index contributed by atoms with van der Waals surface area (Å²) in [5.74, 6) is -0.366. The third-order valence-electron chi connectivity index (χ3n) is 4.58. The highest BCUT2D eigenvalue weighted by molar-refractivity contribution is 5.98. The van der Waals surface area contributed by atoms with Crippen LogP contribution < -0.4 is 11.1 Å². The first kappa shape index (κ1) is 15.6. The Bertz CT molecular complexity index is 508. The molecule has 0 heterocycles. The van der Waals surface area contributed by atoms with Crippen LogP contribution in [0.4, 0.5) is 11.4 Å². The number of anilines is 2. The number of ether oxygens (including phenoxy) is 1. The number of carbonyl (C=O) groups excluding carboxylic acids is 1. The van der Waals surface area contributed by atoms with Gasteiger partial charge in [-0.05, 0) is 39.1 Å². The summed E-state index contributed by atoms with van der Waals surface area (Å²) in [5.41, 5.74) is 7.91. The molecule has 0 aromatic heterocycles. The molecule has 1 aromatic rings. The van der Waals surface area contributed by atoms with E-state index in [2.05, 4.69) is 24.3 Å². The van der Waals surface area contributed by atoms with Gasteiger partial charge in [-0.15, -0.1) is 0 Å². The molecule has 0 amide bonds. The molecule has 0 bridgehead atoms. The highest BCUT2D eigenvalue weighted by atomic mass is 16.5. The lowest BCUT2D eigenvalue weighted by molar-refractivity contribution is 0.0601. The molecular weight excluding hydrogens is 266 g/mol. The number of nitrogens with one attached hydrogen (secondary N) is 1. The van der Waals surface area contributed by atoms with Gasteiger partial charge in [-0.25, -0.2) is 4.79 Å². The van der Waals surface area contributed by atoms with Gasteiger partial charge in [-0.1, -0.05) is 18.9 Å².